The van der Waals surface area contributed by atoms with Crippen molar-refractivity contribution >= 4 is 25.9 Å². The van der Waals surface area contributed by atoms with E-state index in [1.54, 1.807) is 43.3 Å². The molecule has 0 radical (unpaired) electrons. The molecule has 4 rings (SSSR count). The number of rotatable bonds is 5. The lowest BCUT2D eigenvalue weighted by Crippen LogP contribution is -2.42. The monoisotopic (exact) mass is 450 g/mol. The van der Waals surface area contributed by atoms with Gasteiger partial charge in [-0.3, -0.25) is 9.59 Å². The molecule has 2 fully saturated rings. The third-order valence-corrected chi connectivity index (χ3v) is 9.66. The van der Waals surface area contributed by atoms with Crippen molar-refractivity contribution in [3.63, 3.8) is 0 Å². The lowest BCUT2D eigenvalue weighted by Gasteiger charge is -2.31. The number of nitrogens with zero attached hydrogens (tertiary/aromatic N) is 1. The Balaban J connectivity index is 1.70. The van der Waals surface area contributed by atoms with Gasteiger partial charge in [0.2, 0.25) is 14.3 Å². The molecule has 0 aliphatic carbocycles. The number of halogens is 1. The number of hydrogen-bond donors (Lipinski definition) is 2. The Morgan fingerprint density at radius 3 is 2.84 bits per heavy atom. The van der Waals surface area contributed by atoms with Crippen molar-refractivity contribution in [3.05, 3.63) is 23.8 Å². The number of fused-ring (bicyclic) bond motifs is 2. The van der Waals surface area contributed by atoms with Crippen molar-refractivity contribution in [2.45, 2.75) is 62.6 Å². The van der Waals surface area contributed by atoms with Crippen LogP contribution in [0.1, 0.15) is 31.7 Å². The number of methoxy groups -OCH3 is 1. The molecule has 2 N–H and O–H groups in total. The molecule has 3 heterocycles. The summed E-state index contributed by atoms with van der Waals surface area (Å²) in [7, 11) is -1.76. The quantitative estimate of drug-likeness (QED) is 0.532. The van der Waals surface area contributed by atoms with Crippen LogP contribution >= 0.6 is 0 Å². The molecule has 31 heavy (non-hydrogen) atoms. The molecular formula is C22H31FN2O5Si. The van der Waals surface area contributed by atoms with Gasteiger partial charge >= 0.3 is 0 Å². The third kappa shape index (κ3) is 3.46. The van der Waals surface area contributed by atoms with E-state index in [2.05, 4.69) is 5.32 Å². The van der Waals surface area contributed by atoms with Crippen LogP contribution in [0.5, 0.6) is 5.75 Å². The Bertz CT molecular complexity index is 891. The second kappa shape index (κ2) is 7.86. The second-order valence-electron chi connectivity index (χ2n) is 9.41. The highest BCUT2D eigenvalue weighted by atomic mass is 28.4. The average Bonchev–Trinajstić information content (AvgIpc) is 3.37. The van der Waals surface area contributed by atoms with Crippen LogP contribution in [0.2, 0.25) is 18.6 Å². The first-order valence-corrected chi connectivity index (χ1v) is 13.9. The van der Waals surface area contributed by atoms with Gasteiger partial charge < -0.3 is 28.9 Å². The van der Waals surface area contributed by atoms with Gasteiger partial charge in [-0.2, -0.15) is 0 Å². The minimum Gasteiger partial charge on any atom is -0.497 e. The van der Waals surface area contributed by atoms with Gasteiger partial charge in [0, 0.05) is 29.3 Å². The summed E-state index contributed by atoms with van der Waals surface area (Å²) < 4.78 is 27.3. The van der Waals surface area contributed by atoms with Gasteiger partial charge in [0.25, 0.3) is 5.91 Å². The molecule has 1 aromatic rings. The number of anilines is 1. The number of amides is 2. The number of likely N-dealkylation sites (tertiary alicyclic amines) is 1. The first-order chi connectivity index (χ1) is 14.6. The Morgan fingerprint density at radius 1 is 1.45 bits per heavy atom. The highest BCUT2D eigenvalue weighted by molar-refractivity contribution is 6.72. The van der Waals surface area contributed by atoms with E-state index in [0.717, 1.165) is 12.8 Å². The molecule has 7 nitrogen and oxygen atoms in total. The summed E-state index contributed by atoms with van der Waals surface area (Å²) in [5, 5.41) is 12.5. The number of carbonyl (C=O) groups is 2. The molecule has 0 unspecified atom stereocenters. The van der Waals surface area contributed by atoms with Crippen LogP contribution in [0, 0.1) is 5.92 Å². The summed E-state index contributed by atoms with van der Waals surface area (Å²) in [5.41, 5.74) is -0.620. The Morgan fingerprint density at radius 2 is 2.19 bits per heavy atom. The highest BCUT2D eigenvalue weighted by Gasteiger charge is 2.65. The molecule has 9 heteroatoms. The molecule has 170 valence electrons. The maximum atomic E-state index is 15.6. The maximum Gasteiger partial charge on any atom is 0.261 e. The lowest BCUT2D eigenvalue weighted by atomic mass is 9.82. The topological polar surface area (TPSA) is 88.1 Å². The molecule has 0 bridgehead atoms. The van der Waals surface area contributed by atoms with E-state index in [-0.39, 0.29) is 30.9 Å². The van der Waals surface area contributed by atoms with Crippen LogP contribution in [0.25, 0.3) is 0 Å². The summed E-state index contributed by atoms with van der Waals surface area (Å²) >= 11 is 0. The largest absolute Gasteiger partial charge is 0.497 e. The smallest absolute Gasteiger partial charge is 0.261 e. The minimum atomic E-state index is -3.30. The van der Waals surface area contributed by atoms with Gasteiger partial charge in [0.15, 0.2) is 5.60 Å². The fourth-order valence-corrected chi connectivity index (χ4v) is 8.31. The second-order valence-corrected chi connectivity index (χ2v) is 13.2. The van der Waals surface area contributed by atoms with E-state index in [4.69, 9.17) is 9.47 Å². The number of ether oxygens (including phenoxy) is 2. The zero-order chi connectivity index (χ0) is 22.6. The predicted molar refractivity (Wildman–Crippen MR) is 116 cm³/mol. The summed E-state index contributed by atoms with van der Waals surface area (Å²) in [5.74, 6) is -0.340. The van der Waals surface area contributed by atoms with Crippen LogP contribution in [0.3, 0.4) is 0 Å². The van der Waals surface area contributed by atoms with E-state index >= 15 is 4.11 Å². The van der Waals surface area contributed by atoms with E-state index in [9.17, 15) is 14.7 Å². The molecule has 3 aliphatic rings. The summed E-state index contributed by atoms with van der Waals surface area (Å²) in [6.45, 7) is 5.57. The summed E-state index contributed by atoms with van der Waals surface area (Å²) in [6.07, 6.45) is 0.888. The summed E-state index contributed by atoms with van der Waals surface area (Å²) in [4.78, 5) is 28.0. The molecule has 3 aliphatic heterocycles. The Kier molecular flexibility index (Phi) is 5.64. The van der Waals surface area contributed by atoms with Crippen molar-refractivity contribution in [1.82, 2.24) is 4.90 Å². The molecule has 0 saturated carbocycles. The third-order valence-electron chi connectivity index (χ3n) is 7.21. The molecule has 2 amide bonds. The van der Waals surface area contributed by atoms with Crippen LogP contribution in [-0.2, 0) is 19.9 Å². The van der Waals surface area contributed by atoms with Crippen molar-refractivity contribution in [2.75, 3.05) is 25.6 Å². The van der Waals surface area contributed by atoms with Crippen LogP contribution in [0.4, 0.5) is 9.80 Å². The molecule has 2 saturated heterocycles. The minimum absolute atomic E-state index is 0.000187. The average molecular weight is 451 g/mol. The van der Waals surface area contributed by atoms with Gasteiger partial charge in [-0.15, -0.1) is 0 Å². The van der Waals surface area contributed by atoms with Gasteiger partial charge in [0.1, 0.15) is 5.75 Å². The van der Waals surface area contributed by atoms with E-state index in [1.807, 2.05) is 6.92 Å². The SMILES string of the molecule is COc1ccc2c(c1)[C@@]1(O[C@H](CC(=O)N3CCC[C@H]3CO)[C@@H]([Si](C)(C)F)[C@@H]1C)C(=O)N2. The van der Waals surface area contributed by atoms with Crippen molar-refractivity contribution < 1.29 is 28.3 Å². The molecule has 0 aromatic heterocycles. The van der Waals surface area contributed by atoms with Crippen LogP contribution in [-0.4, -0.2) is 62.6 Å². The number of aliphatic hydroxyl groups is 1. The number of nitrogens with one attached hydrogen (secondary N) is 1. The fourth-order valence-electron chi connectivity index (χ4n) is 5.82. The summed E-state index contributed by atoms with van der Waals surface area (Å²) in [6, 6.07) is 5.08. The first kappa shape index (κ1) is 22.2. The van der Waals surface area contributed by atoms with E-state index in [0.29, 0.717) is 23.5 Å². The zero-order valence-electron chi connectivity index (χ0n) is 18.5. The van der Waals surface area contributed by atoms with Crippen LogP contribution in [0.15, 0.2) is 18.2 Å². The molecule has 1 aromatic carbocycles. The van der Waals surface area contributed by atoms with Gasteiger partial charge in [-0.25, -0.2) is 0 Å². The van der Waals surface area contributed by atoms with Gasteiger partial charge in [-0.05, 0) is 44.1 Å². The highest BCUT2D eigenvalue weighted by Crippen LogP contribution is 2.59. The van der Waals surface area contributed by atoms with Crippen LogP contribution < -0.4 is 10.1 Å². The standard InChI is InChI=1S/C22H31FN2O5Si/c1-13-20(31(3,4)23)18(11-19(27)25-9-5-6-14(25)12-26)30-22(13)16-10-15(29-2)7-8-17(16)24-21(22)28/h7-8,10,13-14,18,20,26H,5-6,9,11-12H2,1-4H3,(H,24,28)/t13-,14-,18+,20-,22+/m0/s1. The van der Waals surface area contributed by atoms with E-state index < -0.39 is 31.6 Å². The lowest BCUT2D eigenvalue weighted by molar-refractivity contribution is -0.148. The van der Waals surface area contributed by atoms with Crippen molar-refractivity contribution in [3.8, 4) is 5.75 Å². The number of aliphatic hydroxyl groups excluding tert-OH is 1. The normalized spacial score (nSPS) is 32.5. The van der Waals surface area contributed by atoms with Gasteiger partial charge in [0.05, 0.1) is 32.3 Å². The number of hydrogen-bond acceptors (Lipinski definition) is 5. The van der Waals surface area contributed by atoms with Gasteiger partial charge in [-0.1, -0.05) is 6.92 Å². The Labute approximate surface area is 183 Å². The molecule has 1 spiro atoms. The van der Waals surface area contributed by atoms with Crippen molar-refractivity contribution in [1.29, 1.82) is 0 Å². The molecule has 5 atom stereocenters. The molecular weight excluding hydrogens is 419 g/mol. The maximum absolute atomic E-state index is 15.6. The first-order valence-electron chi connectivity index (χ1n) is 10.9. The van der Waals surface area contributed by atoms with E-state index in [1.165, 1.54) is 0 Å². The van der Waals surface area contributed by atoms with Crippen molar-refractivity contribution in [2.24, 2.45) is 5.92 Å². The zero-order valence-corrected chi connectivity index (χ0v) is 19.5. The fraction of sp³-hybridized carbons (Fsp3) is 0.636. The number of carbonyl (C=O) groups excluding carboxylic acids is 2. The predicted octanol–water partition coefficient (Wildman–Crippen LogP) is 2.80. The Hall–Kier alpha value is -1.97. The number of benzene rings is 1.